The van der Waals surface area contributed by atoms with Crippen LogP contribution in [0.2, 0.25) is 0 Å². The lowest BCUT2D eigenvalue weighted by Gasteiger charge is -2.37. The summed E-state index contributed by atoms with van der Waals surface area (Å²) in [7, 11) is 0. The first-order chi connectivity index (χ1) is 11.7. The van der Waals surface area contributed by atoms with E-state index < -0.39 is 0 Å². The summed E-state index contributed by atoms with van der Waals surface area (Å²) in [6, 6.07) is 14.4. The van der Waals surface area contributed by atoms with Gasteiger partial charge in [-0.15, -0.1) is 11.3 Å². The Balaban J connectivity index is 1.67. The van der Waals surface area contributed by atoms with Crippen LogP contribution in [0.4, 0.5) is 0 Å². The van der Waals surface area contributed by atoms with E-state index in [1.807, 2.05) is 46.8 Å². The highest BCUT2D eigenvalue weighted by atomic mass is 32.1. The molecule has 0 radical (unpaired) electrons. The number of hydrogen-bond acceptors (Lipinski definition) is 3. The van der Waals surface area contributed by atoms with Crippen molar-refractivity contribution < 1.29 is 4.79 Å². The van der Waals surface area contributed by atoms with Crippen LogP contribution in [0.3, 0.4) is 0 Å². The molecule has 1 aromatic carbocycles. The van der Waals surface area contributed by atoms with Gasteiger partial charge in [0.15, 0.2) is 0 Å². The van der Waals surface area contributed by atoms with Gasteiger partial charge >= 0.3 is 0 Å². The summed E-state index contributed by atoms with van der Waals surface area (Å²) >= 11 is 1.63. The Morgan fingerprint density at radius 2 is 2.08 bits per heavy atom. The Hall–Kier alpha value is -2.40. The summed E-state index contributed by atoms with van der Waals surface area (Å²) in [5, 5.41) is 2.02. The minimum Gasteiger partial charge on any atom is -0.328 e. The maximum absolute atomic E-state index is 13.0. The molecule has 3 heterocycles. The molecule has 0 N–H and O–H groups in total. The molecule has 1 aliphatic rings. The van der Waals surface area contributed by atoms with Crippen LogP contribution < -0.4 is 0 Å². The molecular weight excluding hydrogens is 318 g/mol. The Morgan fingerprint density at radius 3 is 2.83 bits per heavy atom. The number of amides is 1. The average molecular weight is 337 g/mol. The Kier molecular flexibility index (Phi) is 3.94. The van der Waals surface area contributed by atoms with Crippen molar-refractivity contribution in [1.29, 1.82) is 0 Å². The lowest BCUT2D eigenvalue weighted by molar-refractivity contribution is -0.135. The van der Waals surface area contributed by atoms with Gasteiger partial charge in [0.2, 0.25) is 5.91 Å². The van der Waals surface area contributed by atoms with E-state index >= 15 is 0 Å². The van der Waals surface area contributed by atoms with Gasteiger partial charge < -0.3 is 9.47 Å². The maximum atomic E-state index is 13.0. The molecule has 2 aromatic heterocycles. The lowest BCUT2D eigenvalue weighted by atomic mass is 10.0. The molecule has 0 fully saturated rings. The first kappa shape index (κ1) is 15.1. The van der Waals surface area contributed by atoms with E-state index in [1.54, 1.807) is 11.3 Å². The third-order valence-electron chi connectivity index (χ3n) is 4.59. The van der Waals surface area contributed by atoms with Crippen LogP contribution in [-0.2, 0) is 24.3 Å². The summed E-state index contributed by atoms with van der Waals surface area (Å²) in [6.07, 6.45) is 2.35. The Morgan fingerprint density at radius 1 is 1.25 bits per heavy atom. The third-order valence-corrected chi connectivity index (χ3v) is 5.47. The molecule has 24 heavy (non-hydrogen) atoms. The van der Waals surface area contributed by atoms with Crippen molar-refractivity contribution in [2.45, 2.75) is 32.5 Å². The van der Waals surface area contributed by atoms with Crippen molar-refractivity contribution in [1.82, 2.24) is 14.5 Å². The molecule has 1 amide bonds. The highest BCUT2D eigenvalue weighted by Crippen LogP contribution is 2.31. The number of nitrogens with zero attached hydrogens (tertiary/aromatic N) is 3. The molecular formula is C19H19N3OS. The van der Waals surface area contributed by atoms with E-state index in [4.69, 9.17) is 0 Å². The molecule has 1 atom stereocenters. The highest BCUT2D eigenvalue weighted by Gasteiger charge is 2.32. The zero-order valence-electron chi connectivity index (χ0n) is 13.6. The minimum atomic E-state index is 0.0547. The van der Waals surface area contributed by atoms with Gasteiger partial charge in [-0.2, -0.15) is 0 Å². The summed E-state index contributed by atoms with van der Waals surface area (Å²) in [5.74, 6) is 1.14. The van der Waals surface area contributed by atoms with E-state index in [1.165, 1.54) is 5.56 Å². The zero-order chi connectivity index (χ0) is 16.5. The van der Waals surface area contributed by atoms with Crippen LogP contribution >= 0.6 is 11.3 Å². The fraction of sp³-hybridized carbons (Fsp3) is 0.263. The molecule has 4 nitrogen and oxygen atoms in total. The molecule has 0 bridgehead atoms. The van der Waals surface area contributed by atoms with Crippen molar-refractivity contribution in [2.75, 3.05) is 0 Å². The average Bonchev–Trinajstić information content (AvgIpc) is 3.24. The Bertz CT molecular complexity index is 839. The van der Waals surface area contributed by atoms with Gasteiger partial charge in [-0.1, -0.05) is 36.4 Å². The van der Waals surface area contributed by atoms with E-state index in [9.17, 15) is 4.79 Å². The second-order valence-corrected chi connectivity index (χ2v) is 7.16. The molecule has 4 rings (SSSR count). The van der Waals surface area contributed by atoms with Crippen molar-refractivity contribution >= 4 is 17.2 Å². The minimum absolute atomic E-state index is 0.0547. The fourth-order valence-corrected chi connectivity index (χ4v) is 4.00. The normalized spacial score (nSPS) is 16.9. The summed E-state index contributed by atoms with van der Waals surface area (Å²) in [6.45, 7) is 3.40. The summed E-state index contributed by atoms with van der Waals surface area (Å²) in [5.41, 5.74) is 2.33. The topological polar surface area (TPSA) is 38.1 Å². The van der Waals surface area contributed by atoms with Crippen LogP contribution in [0.1, 0.15) is 28.0 Å². The number of hydrogen-bond donors (Lipinski definition) is 0. The van der Waals surface area contributed by atoms with Crippen molar-refractivity contribution in [2.24, 2.45) is 0 Å². The monoisotopic (exact) mass is 337 g/mol. The second kappa shape index (κ2) is 6.24. The molecule has 0 spiro atoms. The van der Waals surface area contributed by atoms with E-state index in [-0.39, 0.29) is 11.9 Å². The van der Waals surface area contributed by atoms with Crippen LogP contribution in [-0.4, -0.2) is 20.4 Å². The van der Waals surface area contributed by atoms with E-state index in [0.29, 0.717) is 13.0 Å². The van der Waals surface area contributed by atoms with Gasteiger partial charge in [0.1, 0.15) is 5.82 Å². The Labute approximate surface area is 145 Å². The van der Waals surface area contributed by atoms with E-state index in [0.717, 1.165) is 22.9 Å². The molecule has 5 heteroatoms. The number of aryl methyl sites for hydroxylation is 1. The molecule has 1 aliphatic heterocycles. The molecule has 0 aliphatic carbocycles. The fourth-order valence-electron chi connectivity index (χ4n) is 3.31. The van der Waals surface area contributed by atoms with Crippen LogP contribution in [0.25, 0.3) is 0 Å². The predicted octanol–water partition coefficient (Wildman–Crippen LogP) is 3.58. The number of fused-ring (bicyclic) bond motifs is 1. The second-order valence-electron chi connectivity index (χ2n) is 6.13. The standard InChI is InChI=1S/C19H19N3OS/c1-14-11-20-18-13-22(19(23)10-16-8-5-9-24-16)17(12-21(14)18)15-6-3-2-4-7-15/h2-9,11,17H,10,12-13H2,1H3/t17-/m0/s1. The quantitative estimate of drug-likeness (QED) is 0.733. The number of carbonyl (C=O) groups excluding carboxylic acids is 1. The molecule has 0 saturated heterocycles. The number of thiophene rings is 1. The maximum Gasteiger partial charge on any atom is 0.228 e. The largest absolute Gasteiger partial charge is 0.328 e. The molecule has 0 saturated carbocycles. The van der Waals surface area contributed by atoms with Crippen molar-refractivity contribution in [3.63, 3.8) is 0 Å². The van der Waals surface area contributed by atoms with Crippen molar-refractivity contribution in [3.8, 4) is 0 Å². The predicted molar refractivity (Wildman–Crippen MR) is 94.7 cm³/mol. The molecule has 0 unspecified atom stereocenters. The SMILES string of the molecule is Cc1cnc2n1C[C@@H](c1ccccc1)N(C(=O)Cc1cccs1)C2. The third kappa shape index (κ3) is 2.76. The summed E-state index contributed by atoms with van der Waals surface area (Å²) < 4.78 is 2.23. The van der Waals surface area contributed by atoms with Gasteiger partial charge in [0.05, 0.1) is 19.0 Å². The van der Waals surface area contributed by atoms with Gasteiger partial charge in [-0.05, 0) is 23.9 Å². The van der Waals surface area contributed by atoms with E-state index in [2.05, 4.69) is 28.6 Å². The lowest BCUT2D eigenvalue weighted by Crippen LogP contribution is -2.42. The van der Waals surface area contributed by atoms with Crippen LogP contribution in [0, 0.1) is 6.92 Å². The van der Waals surface area contributed by atoms with Crippen molar-refractivity contribution in [3.05, 3.63) is 76.0 Å². The number of aromatic nitrogens is 2. The summed E-state index contributed by atoms with van der Waals surface area (Å²) in [4.78, 5) is 20.5. The first-order valence-corrected chi connectivity index (χ1v) is 8.98. The first-order valence-electron chi connectivity index (χ1n) is 8.10. The smallest absolute Gasteiger partial charge is 0.228 e. The number of rotatable bonds is 3. The van der Waals surface area contributed by atoms with Crippen LogP contribution in [0.5, 0.6) is 0 Å². The highest BCUT2D eigenvalue weighted by molar-refractivity contribution is 7.10. The molecule has 122 valence electrons. The van der Waals surface area contributed by atoms with Gasteiger partial charge in [-0.3, -0.25) is 4.79 Å². The molecule has 3 aromatic rings. The van der Waals surface area contributed by atoms with Gasteiger partial charge in [-0.25, -0.2) is 4.98 Å². The van der Waals surface area contributed by atoms with Gasteiger partial charge in [0.25, 0.3) is 0 Å². The van der Waals surface area contributed by atoms with Gasteiger partial charge in [0, 0.05) is 23.3 Å². The number of benzene rings is 1. The number of imidazole rings is 1. The zero-order valence-corrected chi connectivity index (χ0v) is 14.4. The number of carbonyl (C=O) groups is 1. The van der Waals surface area contributed by atoms with Crippen LogP contribution in [0.15, 0.2) is 54.0 Å².